The molecule has 1 unspecified atom stereocenters. The van der Waals surface area contributed by atoms with Gasteiger partial charge in [-0.2, -0.15) is 0 Å². The molecule has 42 heavy (non-hydrogen) atoms. The van der Waals surface area contributed by atoms with E-state index in [9.17, 15) is 14.4 Å². The number of ether oxygens (including phenoxy) is 3. The van der Waals surface area contributed by atoms with Crippen LogP contribution in [0.3, 0.4) is 0 Å². The molecule has 2 aromatic rings. The first-order chi connectivity index (χ1) is 19.9. The summed E-state index contributed by atoms with van der Waals surface area (Å²) in [7, 11) is 1.49. The summed E-state index contributed by atoms with van der Waals surface area (Å²) in [5.74, 6) is -0.447. The average molecular weight is 585 g/mol. The molecule has 4 rings (SSSR count). The number of hydrogen-bond acceptors (Lipinski definition) is 8. The molecule has 2 aliphatic rings. The maximum Gasteiger partial charge on any atom is 0.416 e. The standard InChI is InChI=1S/C31H41FN4O6/c1-6-41-27(38)17-24(22-13-15-25(40-5)33-18-22)31(32)19-35(20-31)26(37)11-7-10-23-14-12-21-9-8-16-36(28(21)34-23)29(39)42-30(2,3)4/h12-15,18,24H,6-11,16-17,19-20H2,1-5H3. The number of alkyl halides is 1. The number of halogens is 1. The van der Waals surface area contributed by atoms with Crippen LogP contribution in [0.15, 0.2) is 30.5 Å². The number of methoxy groups -OCH3 is 1. The number of amides is 2. The number of aromatic nitrogens is 2. The van der Waals surface area contributed by atoms with E-state index < -0.39 is 29.3 Å². The zero-order chi connectivity index (χ0) is 30.5. The van der Waals surface area contributed by atoms with E-state index in [4.69, 9.17) is 19.2 Å². The molecule has 0 aliphatic carbocycles. The van der Waals surface area contributed by atoms with Crippen LogP contribution in [0.25, 0.3) is 0 Å². The quantitative estimate of drug-likeness (QED) is 0.367. The highest BCUT2D eigenvalue weighted by Gasteiger charge is 2.52. The van der Waals surface area contributed by atoms with E-state index in [1.807, 2.05) is 32.9 Å². The number of esters is 1. The lowest BCUT2D eigenvalue weighted by molar-refractivity contribution is -0.152. The first-order valence-electron chi connectivity index (χ1n) is 14.5. The molecule has 4 heterocycles. The summed E-state index contributed by atoms with van der Waals surface area (Å²) in [4.78, 5) is 50.0. The molecule has 0 radical (unpaired) electrons. The van der Waals surface area contributed by atoms with Gasteiger partial charge >= 0.3 is 12.1 Å². The smallest absolute Gasteiger partial charge is 0.416 e. The van der Waals surface area contributed by atoms with Gasteiger partial charge in [0.1, 0.15) is 11.4 Å². The third-order valence-electron chi connectivity index (χ3n) is 7.47. The Hall–Kier alpha value is -3.76. The number of carbonyl (C=O) groups excluding carboxylic acids is 3. The molecule has 2 amide bonds. The predicted molar refractivity (Wildman–Crippen MR) is 154 cm³/mol. The van der Waals surface area contributed by atoms with Gasteiger partial charge in [-0.1, -0.05) is 12.1 Å². The van der Waals surface area contributed by atoms with Gasteiger partial charge in [0.15, 0.2) is 5.67 Å². The second-order valence-electron chi connectivity index (χ2n) is 11.9. The Kier molecular flexibility index (Phi) is 9.68. The van der Waals surface area contributed by atoms with Crippen molar-refractivity contribution in [1.82, 2.24) is 14.9 Å². The zero-order valence-electron chi connectivity index (χ0n) is 25.2. The third kappa shape index (κ3) is 7.54. The van der Waals surface area contributed by atoms with Gasteiger partial charge in [-0.3, -0.25) is 14.5 Å². The van der Waals surface area contributed by atoms with Crippen molar-refractivity contribution in [2.24, 2.45) is 0 Å². The second-order valence-corrected chi connectivity index (χ2v) is 11.9. The van der Waals surface area contributed by atoms with E-state index in [0.29, 0.717) is 36.6 Å². The summed E-state index contributed by atoms with van der Waals surface area (Å²) in [6.07, 6.45) is 3.92. The molecule has 0 bridgehead atoms. The highest BCUT2D eigenvalue weighted by molar-refractivity contribution is 5.88. The van der Waals surface area contributed by atoms with Crippen molar-refractivity contribution in [2.45, 2.75) is 83.4 Å². The summed E-state index contributed by atoms with van der Waals surface area (Å²) in [5.41, 5.74) is -0.0508. The number of rotatable bonds is 10. The van der Waals surface area contributed by atoms with Crippen molar-refractivity contribution in [3.05, 3.63) is 47.3 Å². The number of hydrogen-bond donors (Lipinski definition) is 0. The van der Waals surface area contributed by atoms with Crippen LogP contribution in [0, 0.1) is 0 Å². The molecule has 0 N–H and O–H groups in total. The van der Waals surface area contributed by atoms with Crippen LogP contribution >= 0.6 is 0 Å². The maximum atomic E-state index is 16.1. The number of anilines is 1. The van der Waals surface area contributed by atoms with Crippen LogP contribution in [0.5, 0.6) is 5.88 Å². The molecule has 1 fully saturated rings. The van der Waals surface area contributed by atoms with Crippen LogP contribution in [0.1, 0.15) is 76.1 Å². The molecule has 2 aromatic heterocycles. The predicted octanol–water partition coefficient (Wildman–Crippen LogP) is 4.78. The minimum absolute atomic E-state index is 0.107. The number of pyridine rings is 2. The fraction of sp³-hybridized carbons (Fsp3) is 0.581. The first-order valence-corrected chi connectivity index (χ1v) is 14.5. The minimum atomic E-state index is -1.77. The van der Waals surface area contributed by atoms with Crippen LogP contribution in [-0.4, -0.2) is 77.5 Å². The maximum absolute atomic E-state index is 16.1. The largest absolute Gasteiger partial charge is 0.481 e. The number of fused-ring (bicyclic) bond motifs is 1. The molecule has 0 aromatic carbocycles. The van der Waals surface area contributed by atoms with Gasteiger partial charge in [0, 0.05) is 36.8 Å². The molecule has 11 heteroatoms. The first kappa shape index (κ1) is 31.2. The second kappa shape index (κ2) is 13.0. The van der Waals surface area contributed by atoms with Gasteiger partial charge < -0.3 is 19.1 Å². The van der Waals surface area contributed by atoms with Crippen molar-refractivity contribution in [1.29, 1.82) is 0 Å². The highest BCUT2D eigenvalue weighted by Crippen LogP contribution is 2.42. The monoisotopic (exact) mass is 584 g/mol. The normalized spacial score (nSPS) is 16.6. The van der Waals surface area contributed by atoms with Gasteiger partial charge in [-0.05, 0) is 70.6 Å². The lowest BCUT2D eigenvalue weighted by atomic mass is 9.76. The number of nitrogens with zero attached hydrogens (tertiary/aromatic N) is 4. The lowest BCUT2D eigenvalue weighted by Gasteiger charge is -2.48. The molecule has 1 saturated heterocycles. The highest BCUT2D eigenvalue weighted by atomic mass is 19.1. The number of carbonyl (C=O) groups is 3. The van der Waals surface area contributed by atoms with Gasteiger partial charge in [0.05, 0.1) is 33.2 Å². The molecule has 228 valence electrons. The Morgan fingerprint density at radius 3 is 2.55 bits per heavy atom. The van der Waals surface area contributed by atoms with Crippen LogP contribution in [-0.2, 0) is 31.9 Å². The van der Waals surface area contributed by atoms with E-state index in [-0.39, 0.29) is 38.4 Å². The van der Waals surface area contributed by atoms with Crippen LogP contribution in [0.2, 0.25) is 0 Å². The van der Waals surface area contributed by atoms with Gasteiger partial charge in [-0.25, -0.2) is 19.2 Å². The Balaban J connectivity index is 1.34. The van der Waals surface area contributed by atoms with Crippen molar-refractivity contribution in [3.63, 3.8) is 0 Å². The van der Waals surface area contributed by atoms with Crippen LogP contribution < -0.4 is 9.64 Å². The van der Waals surface area contributed by atoms with Gasteiger partial charge in [0.2, 0.25) is 11.8 Å². The Labute approximate surface area is 246 Å². The third-order valence-corrected chi connectivity index (χ3v) is 7.47. The van der Waals surface area contributed by atoms with Gasteiger partial charge in [-0.15, -0.1) is 0 Å². The Morgan fingerprint density at radius 2 is 1.90 bits per heavy atom. The van der Waals surface area contributed by atoms with Crippen molar-refractivity contribution in [3.8, 4) is 5.88 Å². The zero-order valence-corrected chi connectivity index (χ0v) is 25.2. The minimum Gasteiger partial charge on any atom is -0.481 e. The fourth-order valence-electron chi connectivity index (χ4n) is 5.38. The fourth-order valence-corrected chi connectivity index (χ4v) is 5.38. The lowest BCUT2D eigenvalue weighted by Crippen LogP contribution is -2.63. The topological polar surface area (TPSA) is 111 Å². The molecular weight excluding hydrogens is 543 g/mol. The molecule has 1 atom stereocenters. The van der Waals surface area contributed by atoms with E-state index >= 15 is 4.39 Å². The summed E-state index contributed by atoms with van der Waals surface area (Å²) >= 11 is 0. The molecule has 0 spiro atoms. The van der Waals surface area contributed by atoms with Crippen molar-refractivity contribution >= 4 is 23.8 Å². The van der Waals surface area contributed by atoms with Crippen LogP contribution in [0.4, 0.5) is 15.0 Å². The Bertz CT molecular complexity index is 1270. The van der Waals surface area contributed by atoms with E-state index in [1.165, 1.54) is 18.2 Å². The number of aryl methyl sites for hydroxylation is 2. The molecule has 10 nitrogen and oxygen atoms in total. The van der Waals surface area contributed by atoms with Crippen molar-refractivity contribution < 1.29 is 33.0 Å². The SMILES string of the molecule is CCOC(=O)CC(c1ccc(OC)nc1)C1(F)CN(C(=O)CCCc2ccc3c(n2)N(C(=O)OC(C)(C)C)CCC3)C1. The number of likely N-dealkylation sites (tertiary alicyclic amines) is 1. The van der Waals surface area contributed by atoms with E-state index in [0.717, 1.165) is 24.1 Å². The summed E-state index contributed by atoms with van der Waals surface area (Å²) < 4.78 is 31.8. The Morgan fingerprint density at radius 1 is 1.14 bits per heavy atom. The van der Waals surface area contributed by atoms with Gasteiger partial charge in [0.25, 0.3) is 0 Å². The summed E-state index contributed by atoms with van der Waals surface area (Å²) in [6, 6.07) is 7.23. The molecule has 2 aliphatic heterocycles. The molecular formula is C31H41FN4O6. The summed E-state index contributed by atoms with van der Waals surface area (Å²) in [6.45, 7) is 7.73. The van der Waals surface area contributed by atoms with Crippen molar-refractivity contribution in [2.75, 3.05) is 38.3 Å². The molecule has 0 saturated carbocycles. The van der Waals surface area contributed by atoms with E-state index in [2.05, 4.69) is 4.98 Å². The van der Waals surface area contributed by atoms with E-state index in [1.54, 1.807) is 24.0 Å². The summed E-state index contributed by atoms with van der Waals surface area (Å²) in [5, 5.41) is 0. The average Bonchev–Trinajstić information content (AvgIpc) is 2.93.